The molecule has 3 N–H and O–H groups in total. The van der Waals surface area contributed by atoms with Crippen LogP contribution in [0.1, 0.15) is 66.7 Å². The van der Waals surface area contributed by atoms with Crippen molar-refractivity contribution in [3.8, 4) is 0 Å². The van der Waals surface area contributed by atoms with Crippen LogP contribution in [-0.2, 0) is 0 Å². The number of hydrogen-bond acceptors (Lipinski definition) is 3. The zero-order valence-corrected chi connectivity index (χ0v) is 21.4. The maximum atomic E-state index is 9.28. The second-order valence-corrected chi connectivity index (χ2v) is 9.07. The second kappa shape index (κ2) is 16.7. The van der Waals surface area contributed by atoms with Crippen LogP contribution >= 0.6 is 24.0 Å². The van der Waals surface area contributed by atoms with Gasteiger partial charge in [0, 0.05) is 39.3 Å². The molecule has 0 aliphatic carbocycles. The lowest BCUT2D eigenvalue weighted by Gasteiger charge is -2.34. The first kappa shape index (κ1) is 27.9. The molecular formula is C22H47IN4O. The van der Waals surface area contributed by atoms with E-state index in [-0.39, 0.29) is 30.6 Å². The summed E-state index contributed by atoms with van der Waals surface area (Å²) in [5, 5.41) is 16.1. The Kier molecular flexibility index (Phi) is 16.6. The highest BCUT2D eigenvalue weighted by molar-refractivity contribution is 14.0. The van der Waals surface area contributed by atoms with Crippen molar-refractivity contribution in [3.63, 3.8) is 0 Å². The Bertz CT molecular complexity index is 396. The maximum absolute atomic E-state index is 9.28. The van der Waals surface area contributed by atoms with Gasteiger partial charge < -0.3 is 20.6 Å². The predicted molar refractivity (Wildman–Crippen MR) is 133 cm³/mol. The summed E-state index contributed by atoms with van der Waals surface area (Å²) >= 11 is 0. The van der Waals surface area contributed by atoms with Crippen LogP contribution in [-0.4, -0.2) is 61.8 Å². The lowest BCUT2D eigenvalue weighted by Crippen LogP contribution is -2.40. The number of guanidine groups is 1. The van der Waals surface area contributed by atoms with Gasteiger partial charge in [0.25, 0.3) is 0 Å². The van der Waals surface area contributed by atoms with E-state index in [1.54, 1.807) is 0 Å². The predicted octanol–water partition coefficient (Wildman–Crippen LogP) is 3.96. The third-order valence-corrected chi connectivity index (χ3v) is 5.33. The summed E-state index contributed by atoms with van der Waals surface area (Å²) in [6, 6.07) is 0. The third kappa shape index (κ3) is 13.2. The van der Waals surface area contributed by atoms with Gasteiger partial charge in [-0.25, -0.2) is 0 Å². The van der Waals surface area contributed by atoms with E-state index >= 15 is 0 Å². The number of nitrogens with one attached hydrogen (secondary N) is 2. The monoisotopic (exact) mass is 510 g/mol. The third-order valence-electron chi connectivity index (χ3n) is 5.33. The Morgan fingerprint density at radius 3 is 2.39 bits per heavy atom. The van der Waals surface area contributed by atoms with Crippen LogP contribution in [0.2, 0.25) is 0 Å². The van der Waals surface area contributed by atoms with Crippen molar-refractivity contribution in [2.24, 2.45) is 28.7 Å². The van der Waals surface area contributed by atoms with Gasteiger partial charge in [-0.3, -0.25) is 4.99 Å². The molecule has 0 amide bonds. The molecule has 3 atom stereocenters. The van der Waals surface area contributed by atoms with Crippen molar-refractivity contribution in [3.05, 3.63) is 0 Å². The van der Waals surface area contributed by atoms with Crippen molar-refractivity contribution in [2.45, 2.75) is 66.7 Å². The van der Waals surface area contributed by atoms with Gasteiger partial charge in [-0.2, -0.15) is 0 Å². The minimum absolute atomic E-state index is 0. The molecule has 0 saturated carbocycles. The Balaban J connectivity index is 0.00000729. The van der Waals surface area contributed by atoms with Crippen LogP contribution in [0.3, 0.4) is 0 Å². The summed E-state index contributed by atoms with van der Waals surface area (Å²) in [5.41, 5.74) is 0. The number of aliphatic imine (C=N–C) groups is 1. The molecule has 0 radical (unpaired) electrons. The summed E-state index contributed by atoms with van der Waals surface area (Å²) in [6.07, 6.45) is 5.76. The van der Waals surface area contributed by atoms with Gasteiger partial charge in [-0.1, -0.05) is 27.7 Å². The molecule has 28 heavy (non-hydrogen) atoms. The Hall–Kier alpha value is -0.0800. The van der Waals surface area contributed by atoms with Gasteiger partial charge in [-0.15, -0.1) is 24.0 Å². The molecule has 3 unspecified atom stereocenters. The van der Waals surface area contributed by atoms with E-state index in [1.807, 2.05) is 0 Å². The smallest absolute Gasteiger partial charge is 0.191 e. The molecular weight excluding hydrogens is 463 g/mol. The highest BCUT2D eigenvalue weighted by Crippen LogP contribution is 2.21. The van der Waals surface area contributed by atoms with Crippen molar-refractivity contribution in [1.29, 1.82) is 0 Å². The highest BCUT2D eigenvalue weighted by Gasteiger charge is 2.20. The number of nitrogens with zero attached hydrogens (tertiary/aromatic N) is 2. The molecule has 6 heteroatoms. The fraction of sp³-hybridized carbons (Fsp3) is 0.955. The number of halogens is 1. The highest BCUT2D eigenvalue weighted by atomic mass is 127. The lowest BCUT2D eigenvalue weighted by atomic mass is 9.92. The van der Waals surface area contributed by atoms with E-state index < -0.39 is 0 Å². The molecule has 0 aromatic rings. The van der Waals surface area contributed by atoms with E-state index in [9.17, 15) is 5.11 Å². The zero-order chi connectivity index (χ0) is 20.1. The van der Waals surface area contributed by atoms with Gasteiger partial charge in [0.15, 0.2) is 5.96 Å². The van der Waals surface area contributed by atoms with Crippen LogP contribution in [0.5, 0.6) is 0 Å². The largest absolute Gasteiger partial charge is 0.396 e. The first-order valence-corrected chi connectivity index (χ1v) is 11.3. The molecule has 1 aliphatic rings. The Morgan fingerprint density at radius 2 is 1.82 bits per heavy atom. The quantitative estimate of drug-likeness (QED) is 0.161. The summed E-state index contributed by atoms with van der Waals surface area (Å²) in [6.45, 7) is 18.0. The number of aliphatic hydroxyl groups excluding tert-OH is 1. The number of rotatable bonds is 12. The SMILES string of the molecule is CCNC(=NCC(CCO)CC(C)C)NCCCCN1CC(C)CC(C)C1.I. The number of hydrogen-bond donors (Lipinski definition) is 3. The van der Waals surface area contributed by atoms with Crippen molar-refractivity contribution >= 4 is 29.9 Å². The molecule has 1 fully saturated rings. The Morgan fingerprint density at radius 1 is 1.14 bits per heavy atom. The van der Waals surface area contributed by atoms with E-state index in [0.29, 0.717) is 11.8 Å². The van der Waals surface area contributed by atoms with E-state index in [2.05, 4.69) is 50.2 Å². The average molecular weight is 511 g/mol. The number of aliphatic hydroxyl groups is 1. The van der Waals surface area contributed by atoms with Gasteiger partial charge in [0.1, 0.15) is 0 Å². The van der Waals surface area contributed by atoms with Crippen LogP contribution in [0, 0.1) is 23.7 Å². The molecule has 1 saturated heterocycles. The molecule has 0 aromatic heterocycles. The average Bonchev–Trinajstić information content (AvgIpc) is 2.58. The van der Waals surface area contributed by atoms with Crippen LogP contribution in [0.15, 0.2) is 4.99 Å². The van der Waals surface area contributed by atoms with Crippen LogP contribution in [0.4, 0.5) is 0 Å². The van der Waals surface area contributed by atoms with Crippen molar-refractivity contribution < 1.29 is 5.11 Å². The zero-order valence-electron chi connectivity index (χ0n) is 19.0. The van der Waals surface area contributed by atoms with Gasteiger partial charge in [-0.05, 0) is 69.2 Å². The molecule has 5 nitrogen and oxygen atoms in total. The molecule has 0 aromatic carbocycles. The van der Waals surface area contributed by atoms with E-state index in [4.69, 9.17) is 4.99 Å². The Labute approximate surface area is 191 Å². The topological polar surface area (TPSA) is 59.9 Å². The number of likely N-dealkylation sites (tertiary alicyclic amines) is 1. The number of piperidine rings is 1. The van der Waals surface area contributed by atoms with Crippen LogP contribution in [0.25, 0.3) is 0 Å². The molecule has 168 valence electrons. The lowest BCUT2D eigenvalue weighted by molar-refractivity contribution is 0.139. The first-order valence-electron chi connectivity index (χ1n) is 11.3. The normalized spacial score (nSPS) is 22.0. The standard InChI is InChI=1S/C22H46N4O.HI/c1-6-23-22(25-15-21(9-12-27)13-18(2)3)24-10-7-8-11-26-16-19(4)14-20(5)17-26;/h18-21,27H,6-17H2,1-5H3,(H2,23,24,25);1H. The van der Waals surface area contributed by atoms with E-state index in [0.717, 1.165) is 50.3 Å². The molecule has 1 rings (SSSR count). The van der Waals surface area contributed by atoms with Gasteiger partial charge >= 0.3 is 0 Å². The molecule has 1 heterocycles. The van der Waals surface area contributed by atoms with Gasteiger partial charge in [0.2, 0.25) is 0 Å². The fourth-order valence-electron chi connectivity index (χ4n) is 4.34. The van der Waals surface area contributed by atoms with Gasteiger partial charge in [0.05, 0.1) is 0 Å². The summed E-state index contributed by atoms with van der Waals surface area (Å²) in [7, 11) is 0. The van der Waals surface area contributed by atoms with E-state index in [1.165, 1.54) is 38.9 Å². The fourth-order valence-corrected chi connectivity index (χ4v) is 4.34. The van der Waals surface area contributed by atoms with Crippen molar-refractivity contribution in [2.75, 3.05) is 45.9 Å². The van der Waals surface area contributed by atoms with Crippen LogP contribution < -0.4 is 10.6 Å². The molecule has 0 bridgehead atoms. The minimum atomic E-state index is 0. The summed E-state index contributed by atoms with van der Waals surface area (Å²) < 4.78 is 0. The maximum Gasteiger partial charge on any atom is 0.191 e. The number of unbranched alkanes of at least 4 members (excludes halogenated alkanes) is 1. The summed E-state index contributed by atoms with van der Waals surface area (Å²) in [4.78, 5) is 7.41. The second-order valence-electron chi connectivity index (χ2n) is 9.07. The minimum Gasteiger partial charge on any atom is -0.396 e. The van der Waals surface area contributed by atoms with Crippen molar-refractivity contribution in [1.82, 2.24) is 15.5 Å². The first-order chi connectivity index (χ1) is 12.9. The molecule has 0 spiro atoms. The summed E-state index contributed by atoms with van der Waals surface area (Å²) in [5.74, 6) is 3.72. The molecule has 1 aliphatic heterocycles.